The van der Waals surface area contributed by atoms with Gasteiger partial charge in [0.05, 0.1) is 11.7 Å². The third kappa shape index (κ3) is 4.56. The lowest BCUT2D eigenvalue weighted by molar-refractivity contribution is -0.116. The van der Waals surface area contributed by atoms with E-state index in [9.17, 15) is 9.90 Å². The topological polar surface area (TPSA) is 49.8 Å². The van der Waals surface area contributed by atoms with Crippen LogP contribution in [-0.2, 0) is 9.53 Å². The lowest BCUT2D eigenvalue weighted by Gasteiger charge is -2.51. The van der Waals surface area contributed by atoms with Crippen molar-refractivity contribution >= 4 is 5.78 Å². The van der Waals surface area contributed by atoms with E-state index in [1.165, 1.54) is 44.1 Å². The van der Waals surface area contributed by atoms with Crippen LogP contribution in [0.4, 0.5) is 0 Å². The minimum Gasteiger partial charge on any atom is -0.390 e. The Kier molecular flexibility index (Phi) is 6.27. The van der Waals surface area contributed by atoms with E-state index in [2.05, 4.69) is 27.7 Å². The lowest BCUT2D eigenvalue weighted by Crippen LogP contribution is -2.44. The first-order valence-electron chi connectivity index (χ1n) is 13.1. The molecule has 4 aliphatic rings. The molecule has 2 unspecified atom stereocenters. The Hall–Kier alpha value is -0.670. The monoisotopic (exact) mass is 430 g/mol. The largest absolute Gasteiger partial charge is 0.390 e. The fraction of sp³-hybridized carbons (Fsp3) is 0.893. The number of carbonyl (C=O) groups is 1. The second kappa shape index (κ2) is 8.28. The summed E-state index contributed by atoms with van der Waals surface area (Å²) in [6.45, 7) is 13.5. The molecule has 0 radical (unpaired) electrons. The molecule has 3 aliphatic carbocycles. The van der Waals surface area contributed by atoms with Gasteiger partial charge in [0.15, 0.2) is 5.78 Å². The molecule has 0 bridgehead atoms. The van der Waals surface area contributed by atoms with Gasteiger partial charge in [-0.3, -0.25) is 4.79 Å². The summed E-state index contributed by atoms with van der Waals surface area (Å²) >= 11 is 0. The van der Waals surface area contributed by atoms with Gasteiger partial charge in [0.25, 0.3) is 0 Å². The number of allylic oxidation sites excluding steroid dienone is 1. The summed E-state index contributed by atoms with van der Waals surface area (Å²) in [6, 6.07) is 0. The van der Waals surface area contributed by atoms with E-state index in [0.717, 1.165) is 37.0 Å². The quantitative estimate of drug-likeness (QED) is 0.470. The predicted molar refractivity (Wildman–Crippen MR) is 126 cm³/mol. The number of carbonyl (C=O) groups excluding carboxylic acids is 1. The second-order valence-electron chi connectivity index (χ2n) is 12.8. The van der Waals surface area contributed by atoms with E-state index < -0.39 is 5.60 Å². The summed E-state index contributed by atoms with van der Waals surface area (Å²) in [5, 5.41) is 10.1. The molecule has 1 aliphatic heterocycles. The molecule has 3 fully saturated rings. The van der Waals surface area contributed by atoms with Gasteiger partial charge >= 0.3 is 0 Å². The fourth-order valence-corrected chi connectivity index (χ4v) is 7.93. The number of fused-ring (bicyclic) bond motifs is 1. The number of aliphatic hydroxyl groups is 1. The first-order valence-corrected chi connectivity index (χ1v) is 13.1. The molecule has 176 valence electrons. The Balaban J connectivity index is 1.43. The van der Waals surface area contributed by atoms with Gasteiger partial charge in [-0.05, 0) is 112 Å². The molecule has 1 saturated heterocycles. The highest BCUT2D eigenvalue weighted by Gasteiger charge is 2.56. The summed E-state index contributed by atoms with van der Waals surface area (Å²) in [5.74, 6) is 3.37. The molecular weight excluding hydrogens is 384 g/mol. The van der Waals surface area contributed by atoms with Crippen LogP contribution in [0, 0.1) is 34.5 Å². The number of hydrogen-bond donors (Lipinski definition) is 1. The smallest absolute Gasteiger partial charge is 0.155 e. The summed E-state index contributed by atoms with van der Waals surface area (Å²) in [7, 11) is 0. The van der Waals surface area contributed by atoms with E-state index in [4.69, 9.17) is 4.74 Å². The van der Waals surface area contributed by atoms with Gasteiger partial charge in [-0.25, -0.2) is 0 Å². The molecule has 8 atom stereocenters. The summed E-state index contributed by atoms with van der Waals surface area (Å²) in [6.07, 6.45) is 14.1. The van der Waals surface area contributed by atoms with Crippen molar-refractivity contribution in [2.45, 2.75) is 124 Å². The molecule has 3 heteroatoms. The van der Waals surface area contributed by atoms with Crippen LogP contribution in [0.5, 0.6) is 0 Å². The summed E-state index contributed by atoms with van der Waals surface area (Å²) in [4.78, 5) is 12.2. The van der Waals surface area contributed by atoms with Crippen molar-refractivity contribution in [3.05, 3.63) is 11.6 Å². The minimum atomic E-state index is -0.537. The van der Waals surface area contributed by atoms with Gasteiger partial charge in [0.1, 0.15) is 6.10 Å². The van der Waals surface area contributed by atoms with Crippen LogP contribution in [0.2, 0.25) is 0 Å². The van der Waals surface area contributed by atoms with E-state index >= 15 is 0 Å². The molecule has 1 heterocycles. The number of epoxide rings is 1. The maximum atomic E-state index is 12.2. The van der Waals surface area contributed by atoms with Gasteiger partial charge in [-0.1, -0.05) is 33.6 Å². The number of ether oxygens (including phenoxy) is 1. The van der Waals surface area contributed by atoms with Gasteiger partial charge in [-0.2, -0.15) is 0 Å². The van der Waals surface area contributed by atoms with Gasteiger partial charge in [-0.15, -0.1) is 0 Å². The van der Waals surface area contributed by atoms with Gasteiger partial charge < -0.3 is 9.84 Å². The normalized spacial score (nSPS) is 44.0. The molecule has 0 aromatic carbocycles. The third-order valence-corrected chi connectivity index (χ3v) is 10.1. The zero-order chi connectivity index (χ0) is 22.6. The SMILES string of the molecule is CC1OC1C1=CC(=O)CC[C@]1(C)[C@H]1CC[C@@]2(C)[C@@H](CC[C@@H]2[C@H](C)CCCC(C)(C)O)C1. The van der Waals surface area contributed by atoms with Crippen LogP contribution < -0.4 is 0 Å². The molecule has 31 heavy (non-hydrogen) atoms. The average molecular weight is 431 g/mol. The van der Waals surface area contributed by atoms with Crippen molar-refractivity contribution in [2.24, 2.45) is 34.5 Å². The van der Waals surface area contributed by atoms with Crippen molar-refractivity contribution in [3.8, 4) is 0 Å². The molecule has 1 N–H and O–H groups in total. The zero-order valence-electron chi connectivity index (χ0n) is 20.9. The highest BCUT2D eigenvalue weighted by atomic mass is 16.6. The van der Waals surface area contributed by atoms with Crippen LogP contribution in [0.3, 0.4) is 0 Å². The molecule has 4 rings (SSSR count). The van der Waals surface area contributed by atoms with Crippen LogP contribution >= 0.6 is 0 Å². The van der Waals surface area contributed by atoms with Crippen LogP contribution in [0.1, 0.15) is 106 Å². The number of ketones is 1. The highest BCUT2D eigenvalue weighted by Crippen LogP contribution is 2.63. The predicted octanol–water partition coefficient (Wildman–Crippen LogP) is 6.48. The number of rotatable bonds is 7. The lowest BCUT2D eigenvalue weighted by atomic mass is 9.53. The van der Waals surface area contributed by atoms with E-state index in [1.807, 2.05) is 19.9 Å². The zero-order valence-corrected chi connectivity index (χ0v) is 20.9. The number of hydrogen-bond acceptors (Lipinski definition) is 3. The van der Waals surface area contributed by atoms with Crippen LogP contribution in [0.25, 0.3) is 0 Å². The minimum absolute atomic E-state index is 0.140. The van der Waals surface area contributed by atoms with Gasteiger partial charge in [0, 0.05) is 6.42 Å². The van der Waals surface area contributed by atoms with Crippen LogP contribution in [0.15, 0.2) is 11.6 Å². The molecule has 2 saturated carbocycles. The molecule has 0 spiro atoms. The molecule has 0 aromatic rings. The molecular formula is C28H46O3. The van der Waals surface area contributed by atoms with Crippen molar-refractivity contribution in [3.63, 3.8) is 0 Å². The molecule has 3 nitrogen and oxygen atoms in total. The standard InChI is InChI=1S/C28H46O3/c1-18(8-7-13-26(3,4)30)23-10-9-20-16-21(11-14-27(20,23)5)28(6)15-12-22(29)17-24(28)25-19(2)31-25/h17-21,23,25,30H,7-16H2,1-6H3/t18-,19?,20+,21+,23-,25?,27+,28-/m1/s1. The Morgan fingerprint density at radius 2 is 1.90 bits per heavy atom. The summed E-state index contributed by atoms with van der Waals surface area (Å²) < 4.78 is 5.87. The first-order chi connectivity index (χ1) is 14.4. The van der Waals surface area contributed by atoms with Crippen molar-refractivity contribution in [1.29, 1.82) is 0 Å². The first kappa shape index (κ1) is 23.5. The second-order valence-corrected chi connectivity index (χ2v) is 12.8. The Morgan fingerprint density at radius 3 is 2.55 bits per heavy atom. The fourth-order valence-electron chi connectivity index (χ4n) is 7.93. The Morgan fingerprint density at radius 1 is 1.19 bits per heavy atom. The Labute approximate surface area is 190 Å². The maximum absolute atomic E-state index is 12.2. The third-order valence-electron chi connectivity index (χ3n) is 10.1. The van der Waals surface area contributed by atoms with Crippen molar-refractivity contribution < 1.29 is 14.6 Å². The molecule has 0 aromatic heterocycles. The van der Waals surface area contributed by atoms with Crippen LogP contribution in [-0.4, -0.2) is 28.7 Å². The highest BCUT2D eigenvalue weighted by molar-refractivity contribution is 5.92. The molecule has 0 amide bonds. The maximum Gasteiger partial charge on any atom is 0.155 e. The van der Waals surface area contributed by atoms with Crippen molar-refractivity contribution in [2.75, 3.05) is 0 Å². The summed E-state index contributed by atoms with van der Waals surface area (Å²) in [5.41, 5.74) is 1.39. The Bertz CT molecular complexity index is 718. The van der Waals surface area contributed by atoms with E-state index in [-0.39, 0.29) is 17.6 Å². The van der Waals surface area contributed by atoms with Crippen molar-refractivity contribution in [1.82, 2.24) is 0 Å². The van der Waals surface area contributed by atoms with E-state index in [1.54, 1.807) is 0 Å². The van der Waals surface area contributed by atoms with E-state index in [0.29, 0.717) is 23.5 Å². The average Bonchev–Trinajstić information content (AvgIpc) is 3.29. The van der Waals surface area contributed by atoms with Gasteiger partial charge in [0.2, 0.25) is 0 Å².